The van der Waals surface area contributed by atoms with Crippen molar-refractivity contribution in [1.82, 2.24) is 9.88 Å². The van der Waals surface area contributed by atoms with Crippen molar-refractivity contribution >= 4 is 22.9 Å². The van der Waals surface area contributed by atoms with Crippen molar-refractivity contribution < 1.29 is 40.7 Å². The number of ether oxygens (including phenoxy) is 1. The molecular formula is C24H18F6N2O3. The molecule has 1 fully saturated rings. The van der Waals surface area contributed by atoms with Crippen LogP contribution in [0.15, 0.2) is 61.3 Å². The summed E-state index contributed by atoms with van der Waals surface area (Å²) >= 11 is 0. The Bertz CT molecular complexity index is 1280. The van der Waals surface area contributed by atoms with E-state index in [4.69, 9.17) is 4.74 Å². The van der Waals surface area contributed by atoms with Crippen LogP contribution in [0.2, 0.25) is 0 Å². The first kappa shape index (κ1) is 24.4. The fraction of sp³-hybridized carbons (Fsp3) is 0.250. The lowest BCUT2D eigenvalue weighted by Gasteiger charge is -2.23. The molecule has 0 spiro atoms. The highest BCUT2D eigenvalue weighted by atomic mass is 19.4. The molecular weight excluding hydrogens is 478 g/mol. The van der Waals surface area contributed by atoms with Crippen LogP contribution in [0.25, 0.3) is 10.9 Å². The minimum Gasteiger partial charge on any atom is -0.432 e. The lowest BCUT2D eigenvalue weighted by molar-refractivity contribution is -0.143. The highest BCUT2D eigenvalue weighted by Crippen LogP contribution is 2.38. The number of carbonyl (C=O) groups is 2. The van der Waals surface area contributed by atoms with Crippen molar-refractivity contribution in [1.29, 1.82) is 0 Å². The molecule has 1 atom stereocenters. The molecule has 3 aromatic rings. The molecule has 1 unspecified atom stereocenters. The van der Waals surface area contributed by atoms with Gasteiger partial charge in [-0.3, -0.25) is 4.79 Å². The topological polar surface area (TPSA) is 62.4 Å². The molecule has 1 aliphatic rings. The molecule has 1 saturated heterocycles. The Morgan fingerprint density at radius 3 is 2.23 bits per heavy atom. The predicted molar refractivity (Wildman–Crippen MR) is 113 cm³/mol. The molecule has 1 N–H and O–H groups in total. The highest BCUT2D eigenvalue weighted by Gasteiger charge is 2.53. The van der Waals surface area contributed by atoms with Crippen molar-refractivity contribution in [2.45, 2.75) is 37.3 Å². The summed E-state index contributed by atoms with van der Waals surface area (Å²) in [6.07, 6.45) is -8.47. The van der Waals surface area contributed by atoms with Gasteiger partial charge in [0.15, 0.2) is 5.60 Å². The average Bonchev–Trinajstić information content (AvgIpc) is 3.27. The second-order valence-electron chi connectivity index (χ2n) is 8.20. The van der Waals surface area contributed by atoms with E-state index >= 15 is 0 Å². The third kappa shape index (κ3) is 4.62. The zero-order valence-corrected chi connectivity index (χ0v) is 18.0. The molecule has 0 saturated carbocycles. The van der Waals surface area contributed by atoms with Crippen LogP contribution in [-0.4, -0.2) is 27.5 Å². The van der Waals surface area contributed by atoms with Gasteiger partial charge in [0, 0.05) is 29.9 Å². The highest BCUT2D eigenvalue weighted by molar-refractivity contribution is 6.03. The van der Waals surface area contributed by atoms with E-state index in [2.05, 4.69) is 11.6 Å². The van der Waals surface area contributed by atoms with Crippen LogP contribution in [0, 0.1) is 0 Å². The summed E-state index contributed by atoms with van der Waals surface area (Å²) in [6.45, 7) is 2.76. The summed E-state index contributed by atoms with van der Waals surface area (Å²) in [4.78, 5) is 29.5. The number of aromatic amines is 1. The Balaban J connectivity index is 1.69. The van der Waals surface area contributed by atoms with Crippen LogP contribution in [-0.2, 0) is 34.8 Å². The Hall–Kier alpha value is -3.76. The number of amides is 2. The molecule has 0 bridgehead atoms. The summed E-state index contributed by atoms with van der Waals surface area (Å²) in [7, 11) is 0. The molecule has 11 heteroatoms. The average molecular weight is 496 g/mol. The van der Waals surface area contributed by atoms with E-state index in [9.17, 15) is 35.9 Å². The van der Waals surface area contributed by atoms with Crippen molar-refractivity contribution in [2.24, 2.45) is 0 Å². The number of rotatable bonds is 6. The van der Waals surface area contributed by atoms with Crippen molar-refractivity contribution in [3.8, 4) is 0 Å². The second kappa shape index (κ2) is 8.47. The molecule has 2 aromatic carbocycles. The van der Waals surface area contributed by atoms with Gasteiger partial charge in [-0.25, -0.2) is 9.69 Å². The molecule has 5 nitrogen and oxygen atoms in total. The largest absolute Gasteiger partial charge is 0.432 e. The Labute approximate surface area is 195 Å². The number of cyclic esters (lactones) is 1. The van der Waals surface area contributed by atoms with Gasteiger partial charge < -0.3 is 9.72 Å². The minimum atomic E-state index is -5.06. The number of benzene rings is 2. The third-order valence-electron chi connectivity index (χ3n) is 5.75. The minimum absolute atomic E-state index is 0.0212. The number of hydrogen-bond acceptors (Lipinski definition) is 3. The van der Waals surface area contributed by atoms with Crippen LogP contribution in [0.5, 0.6) is 0 Å². The molecule has 184 valence electrons. The van der Waals surface area contributed by atoms with E-state index in [1.165, 1.54) is 6.08 Å². The van der Waals surface area contributed by atoms with Gasteiger partial charge in [-0.15, -0.1) is 6.58 Å². The molecule has 0 radical (unpaired) electrons. The number of carbonyl (C=O) groups excluding carboxylic acids is 2. The summed E-state index contributed by atoms with van der Waals surface area (Å²) in [5.41, 5.74) is -3.92. The molecule has 2 heterocycles. The Morgan fingerprint density at radius 1 is 1.00 bits per heavy atom. The van der Waals surface area contributed by atoms with Crippen LogP contribution in [0.1, 0.15) is 28.7 Å². The normalized spacial score (nSPS) is 18.9. The number of nitrogens with zero attached hydrogens (tertiary/aromatic N) is 1. The van der Waals surface area contributed by atoms with Crippen LogP contribution in [0.4, 0.5) is 31.1 Å². The van der Waals surface area contributed by atoms with E-state index in [0.717, 1.165) is 10.9 Å². The Morgan fingerprint density at radius 2 is 1.63 bits per heavy atom. The number of alkyl halides is 6. The third-order valence-corrected chi connectivity index (χ3v) is 5.75. The Kier molecular flexibility index (Phi) is 5.90. The zero-order valence-electron chi connectivity index (χ0n) is 18.0. The number of aromatic nitrogens is 1. The first-order valence-corrected chi connectivity index (χ1v) is 10.3. The van der Waals surface area contributed by atoms with Crippen molar-refractivity contribution in [3.63, 3.8) is 0 Å². The van der Waals surface area contributed by atoms with Gasteiger partial charge in [-0.05, 0) is 35.4 Å². The van der Waals surface area contributed by atoms with E-state index < -0.39 is 53.2 Å². The quantitative estimate of drug-likeness (QED) is 0.325. The van der Waals surface area contributed by atoms with Gasteiger partial charge in [-0.1, -0.05) is 24.3 Å². The SMILES string of the molecule is C=CCC1(Cc2c[nH]c3ccccc23)OC(=O)N(Cc2cc(C(F)(F)F)cc(C(F)(F)F)c2)C1=O. The first-order valence-electron chi connectivity index (χ1n) is 10.3. The lowest BCUT2D eigenvalue weighted by atomic mass is 9.90. The number of nitrogens with one attached hydrogen (secondary N) is 1. The fourth-order valence-electron chi connectivity index (χ4n) is 4.16. The van der Waals surface area contributed by atoms with E-state index in [-0.39, 0.29) is 18.9 Å². The molecule has 0 aliphatic carbocycles. The van der Waals surface area contributed by atoms with Gasteiger partial charge in [0.05, 0.1) is 17.7 Å². The van der Waals surface area contributed by atoms with Gasteiger partial charge in [0.25, 0.3) is 5.91 Å². The number of hydrogen-bond donors (Lipinski definition) is 1. The van der Waals surface area contributed by atoms with Crippen LogP contribution in [0.3, 0.4) is 0 Å². The number of H-pyrrole nitrogens is 1. The fourth-order valence-corrected chi connectivity index (χ4v) is 4.16. The van der Waals surface area contributed by atoms with Gasteiger partial charge >= 0.3 is 18.4 Å². The number of fused-ring (bicyclic) bond motifs is 1. The number of imide groups is 1. The van der Waals surface area contributed by atoms with Gasteiger partial charge in [0.1, 0.15) is 0 Å². The standard InChI is InChI=1S/C24H18F6N2O3/c1-2-7-22(11-15-12-31-19-6-4-3-5-18(15)19)20(33)32(21(34)35-22)13-14-8-16(23(25,26)27)10-17(9-14)24(28,29)30/h2-6,8-10,12,31H,1,7,11,13H2. The second-order valence-corrected chi connectivity index (χ2v) is 8.20. The lowest BCUT2D eigenvalue weighted by Crippen LogP contribution is -2.42. The monoisotopic (exact) mass is 496 g/mol. The molecule has 2 amide bonds. The van der Waals surface area contributed by atoms with E-state index in [1.54, 1.807) is 30.5 Å². The maximum Gasteiger partial charge on any atom is 0.418 e. The molecule has 1 aliphatic heterocycles. The molecule has 1 aromatic heterocycles. The van der Waals surface area contributed by atoms with Crippen LogP contribution < -0.4 is 0 Å². The van der Waals surface area contributed by atoms with Crippen LogP contribution >= 0.6 is 0 Å². The number of para-hydroxylation sites is 1. The zero-order chi connectivity index (χ0) is 25.6. The smallest absolute Gasteiger partial charge is 0.418 e. The maximum atomic E-state index is 13.3. The molecule has 35 heavy (non-hydrogen) atoms. The molecule has 4 rings (SSSR count). The maximum absolute atomic E-state index is 13.3. The summed E-state index contributed by atoms with van der Waals surface area (Å²) in [5, 5.41) is 0.769. The van der Waals surface area contributed by atoms with E-state index in [0.29, 0.717) is 22.6 Å². The van der Waals surface area contributed by atoms with Gasteiger partial charge in [0.2, 0.25) is 0 Å². The predicted octanol–water partition coefficient (Wildman–Crippen LogP) is 6.24. The summed E-state index contributed by atoms with van der Waals surface area (Å²) < 4.78 is 84.7. The van der Waals surface area contributed by atoms with Crippen molar-refractivity contribution in [2.75, 3.05) is 0 Å². The first-order chi connectivity index (χ1) is 16.3. The summed E-state index contributed by atoms with van der Waals surface area (Å²) in [5.74, 6) is -0.876. The van der Waals surface area contributed by atoms with Gasteiger partial charge in [-0.2, -0.15) is 26.3 Å². The van der Waals surface area contributed by atoms with Crippen molar-refractivity contribution in [3.05, 3.63) is 83.6 Å². The number of halogens is 6. The van der Waals surface area contributed by atoms with E-state index in [1.807, 2.05) is 0 Å². The summed E-state index contributed by atoms with van der Waals surface area (Å²) in [6, 6.07) is 8.11.